The van der Waals surface area contributed by atoms with Crippen LogP contribution in [0.3, 0.4) is 0 Å². The summed E-state index contributed by atoms with van der Waals surface area (Å²) in [6, 6.07) is 10.1. The molecule has 0 unspecified atom stereocenters. The molecule has 1 fully saturated rings. The Kier molecular flexibility index (Phi) is 9.34. The van der Waals surface area contributed by atoms with E-state index in [1.807, 2.05) is 37.4 Å². The SMILES string of the molecule is CN(CCOCc1ccccc1)C(=O)CC1(CN)CCCCC1.Cl. The number of carbonyl (C=O) groups is 1. The number of carbonyl (C=O) groups excluding carboxylic acids is 1. The topological polar surface area (TPSA) is 55.6 Å². The highest BCUT2D eigenvalue weighted by atomic mass is 35.5. The maximum atomic E-state index is 12.5. The van der Waals surface area contributed by atoms with Gasteiger partial charge in [0.25, 0.3) is 0 Å². The second-order valence-corrected chi connectivity index (χ2v) is 6.80. The van der Waals surface area contributed by atoms with Crippen molar-refractivity contribution < 1.29 is 9.53 Å². The fraction of sp³-hybridized carbons (Fsp3) is 0.632. The van der Waals surface area contributed by atoms with Crippen LogP contribution < -0.4 is 5.73 Å². The Morgan fingerprint density at radius 2 is 1.88 bits per heavy atom. The lowest BCUT2D eigenvalue weighted by molar-refractivity contribution is -0.133. The lowest BCUT2D eigenvalue weighted by Crippen LogP contribution is -2.40. The molecule has 1 saturated carbocycles. The summed E-state index contributed by atoms with van der Waals surface area (Å²) >= 11 is 0. The third-order valence-corrected chi connectivity index (χ3v) is 4.98. The fourth-order valence-corrected chi connectivity index (χ4v) is 3.30. The molecule has 4 nitrogen and oxygen atoms in total. The zero-order valence-corrected chi connectivity index (χ0v) is 15.5. The van der Waals surface area contributed by atoms with Gasteiger partial charge in [0.05, 0.1) is 13.2 Å². The van der Waals surface area contributed by atoms with Gasteiger partial charge in [0.15, 0.2) is 0 Å². The van der Waals surface area contributed by atoms with Crippen molar-refractivity contribution in [2.45, 2.75) is 45.1 Å². The van der Waals surface area contributed by atoms with E-state index in [-0.39, 0.29) is 23.7 Å². The fourth-order valence-electron chi connectivity index (χ4n) is 3.30. The van der Waals surface area contributed by atoms with Crippen molar-refractivity contribution in [3.05, 3.63) is 35.9 Å². The van der Waals surface area contributed by atoms with Gasteiger partial charge in [0.2, 0.25) is 5.91 Å². The Balaban J connectivity index is 0.00000288. The molecule has 2 N–H and O–H groups in total. The molecular formula is C19H31ClN2O2. The molecule has 24 heavy (non-hydrogen) atoms. The van der Waals surface area contributed by atoms with Crippen molar-refractivity contribution in [2.75, 3.05) is 26.7 Å². The first-order valence-electron chi connectivity index (χ1n) is 8.71. The molecule has 1 aromatic carbocycles. The Morgan fingerprint density at radius 1 is 1.21 bits per heavy atom. The van der Waals surface area contributed by atoms with Crippen LogP contribution in [0.4, 0.5) is 0 Å². The van der Waals surface area contributed by atoms with Gasteiger partial charge in [0.1, 0.15) is 0 Å². The van der Waals surface area contributed by atoms with Crippen molar-refractivity contribution in [2.24, 2.45) is 11.1 Å². The van der Waals surface area contributed by atoms with Gasteiger partial charge in [0, 0.05) is 20.0 Å². The molecule has 0 aliphatic heterocycles. The van der Waals surface area contributed by atoms with E-state index in [0.29, 0.717) is 32.7 Å². The maximum Gasteiger partial charge on any atom is 0.222 e. The van der Waals surface area contributed by atoms with Gasteiger partial charge in [-0.05, 0) is 30.4 Å². The predicted molar refractivity (Wildman–Crippen MR) is 100 cm³/mol. The maximum absolute atomic E-state index is 12.5. The van der Waals surface area contributed by atoms with E-state index in [9.17, 15) is 4.79 Å². The average molecular weight is 355 g/mol. The van der Waals surface area contributed by atoms with Crippen LogP contribution in [-0.4, -0.2) is 37.6 Å². The Hall–Kier alpha value is -1.10. The van der Waals surface area contributed by atoms with E-state index in [1.165, 1.54) is 19.3 Å². The molecule has 2 rings (SSSR count). The Morgan fingerprint density at radius 3 is 2.50 bits per heavy atom. The summed E-state index contributed by atoms with van der Waals surface area (Å²) in [6.45, 7) is 2.41. The quantitative estimate of drug-likeness (QED) is 0.728. The van der Waals surface area contributed by atoms with E-state index in [4.69, 9.17) is 10.5 Å². The zero-order chi connectivity index (χ0) is 16.5. The van der Waals surface area contributed by atoms with Gasteiger partial charge >= 0.3 is 0 Å². The number of ether oxygens (including phenoxy) is 1. The molecule has 0 bridgehead atoms. The van der Waals surface area contributed by atoms with Crippen LogP contribution in [0.5, 0.6) is 0 Å². The molecule has 1 amide bonds. The van der Waals surface area contributed by atoms with Crippen LogP contribution in [0.15, 0.2) is 30.3 Å². The van der Waals surface area contributed by atoms with Crippen LogP contribution in [0.2, 0.25) is 0 Å². The van der Waals surface area contributed by atoms with Crippen LogP contribution in [-0.2, 0) is 16.1 Å². The second kappa shape index (κ2) is 10.7. The van der Waals surface area contributed by atoms with Crippen LogP contribution >= 0.6 is 12.4 Å². The molecule has 0 heterocycles. The molecule has 0 atom stereocenters. The first-order valence-corrected chi connectivity index (χ1v) is 8.71. The normalized spacial score (nSPS) is 16.2. The van der Waals surface area contributed by atoms with Gasteiger partial charge in [-0.15, -0.1) is 12.4 Å². The van der Waals surface area contributed by atoms with E-state index in [0.717, 1.165) is 18.4 Å². The molecule has 0 radical (unpaired) electrons. The summed E-state index contributed by atoms with van der Waals surface area (Å²) in [5.74, 6) is 0.195. The van der Waals surface area contributed by atoms with E-state index in [2.05, 4.69) is 0 Å². The third-order valence-electron chi connectivity index (χ3n) is 4.98. The zero-order valence-electron chi connectivity index (χ0n) is 14.7. The van der Waals surface area contributed by atoms with Crippen molar-refractivity contribution in [1.82, 2.24) is 4.90 Å². The number of likely N-dealkylation sites (N-methyl/N-ethyl adjacent to an activating group) is 1. The summed E-state index contributed by atoms with van der Waals surface area (Å²) in [5.41, 5.74) is 7.17. The molecule has 1 aliphatic rings. The number of hydrogen-bond acceptors (Lipinski definition) is 3. The second-order valence-electron chi connectivity index (χ2n) is 6.80. The summed E-state index contributed by atoms with van der Waals surface area (Å²) in [4.78, 5) is 14.2. The molecular weight excluding hydrogens is 324 g/mol. The monoisotopic (exact) mass is 354 g/mol. The van der Waals surface area contributed by atoms with Gasteiger partial charge < -0.3 is 15.4 Å². The highest BCUT2D eigenvalue weighted by Crippen LogP contribution is 2.38. The molecule has 0 saturated heterocycles. The van der Waals surface area contributed by atoms with E-state index in [1.54, 1.807) is 4.90 Å². The number of benzene rings is 1. The highest BCUT2D eigenvalue weighted by Gasteiger charge is 2.33. The van der Waals surface area contributed by atoms with Crippen LogP contribution in [0.25, 0.3) is 0 Å². The van der Waals surface area contributed by atoms with E-state index < -0.39 is 0 Å². The molecule has 0 spiro atoms. The largest absolute Gasteiger partial charge is 0.375 e. The number of nitrogens with two attached hydrogens (primary N) is 1. The molecule has 5 heteroatoms. The Bertz CT molecular complexity index is 476. The number of nitrogens with zero attached hydrogens (tertiary/aromatic N) is 1. The molecule has 136 valence electrons. The summed E-state index contributed by atoms with van der Waals surface area (Å²) in [6.07, 6.45) is 6.45. The van der Waals surface area contributed by atoms with Gasteiger partial charge in [-0.3, -0.25) is 4.79 Å². The lowest BCUT2D eigenvalue weighted by atomic mass is 9.71. The Labute approximate surface area is 152 Å². The minimum Gasteiger partial charge on any atom is -0.375 e. The van der Waals surface area contributed by atoms with Crippen LogP contribution in [0, 0.1) is 5.41 Å². The van der Waals surface area contributed by atoms with Gasteiger partial charge in [-0.2, -0.15) is 0 Å². The first-order chi connectivity index (χ1) is 11.2. The number of amides is 1. The van der Waals surface area contributed by atoms with Gasteiger partial charge in [-0.25, -0.2) is 0 Å². The molecule has 0 aromatic heterocycles. The van der Waals surface area contributed by atoms with Crippen molar-refractivity contribution in [1.29, 1.82) is 0 Å². The average Bonchev–Trinajstić information content (AvgIpc) is 2.60. The minimum absolute atomic E-state index is 0. The third kappa shape index (κ3) is 6.42. The smallest absolute Gasteiger partial charge is 0.222 e. The minimum atomic E-state index is 0. The highest BCUT2D eigenvalue weighted by molar-refractivity contribution is 5.85. The number of hydrogen-bond donors (Lipinski definition) is 1. The van der Waals surface area contributed by atoms with Crippen LogP contribution in [0.1, 0.15) is 44.1 Å². The molecule has 1 aliphatic carbocycles. The first kappa shape index (κ1) is 20.9. The summed E-state index contributed by atoms with van der Waals surface area (Å²) < 4.78 is 5.66. The predicted octanol–water partition coefficient (Wildman–Crippen LogP) is 3.38. The summed E-state index contributed by atoms with van der Waals surface area (Å²) in [5, 5.41) is 0. The van der Waals surface area contributed by atoms with Gasteiger partial charge in [-0.1, -0.05) is 49.6 Å². The lowest BCUT2D eigenvalue weighted by Gasteiger charge is -2.36. The van der Waals surface area contributed by atoms with Crippen molar-refractivity contribution in [3.8, 4) is 0 Å². The van der Waals surface area contributed by atoms with Crippen molar-refractivity contribution in [3.63, 3.8) is 0 Å². The van der Waals surface area contributed by atoms with E-state index >= 15 is 0 Å². The van der Waals surface area contributed by atoms with Crippen molar-refractivity contribution >= 4 is 18.3 Å². The summed E-state index contributed by atoms with van der Waals surface area (Å²) in [7, 11) is 1.86. The number of rotatable bonds is 8. The molecule has 1 aromatic rings. The standard InChI is InChI=1S/C19H30N2O2.ClH/c1-21(12-13-23-15-17-8-4-2-5-9-17)18(22)14-19(16-20)10-6-3-7-11-19;/h2,4-5,8-9H,3,6-7,10-16,20H2,1H3;1H. The number of halogens is 1.